The molecule has 0 aromatic heterocycles. The maximum atomic E-state index is 12.7. The van der Waals surface area contributed by atoms with Gasteiger partial charge >= 0.3 is 6.18 Å². The third kappa shape index (κ3) is 4.14. The van der Waals surface area contributed by atoms with E-state index in [2.05, 4.69) is 5.43 Å². The van der Waals surface area contributed by atoms with Crippen LogP contribution in [0.15, 0.2) is 36.2 Å². The van der Waals surface area contributed by atoms with Crippen molar-refractivity contribution in [1.82, 2.24) is 10.4 Å². The minimum absolute atomic E-state index is 0.0382. The molecule has 1 aromatic rings. The molecule has 0 aliphatic carbocycles. The predicted octanol–water partition coefficient (Wildman–Crippen LogP) is 3.85. The molecule has 2 atom stereocenters. The molecule has 0 radical (unpaired) electrons. The maximum Gasteiger partial charge on any atom is 0.416 e. The van der Waals surface area contributed by atoms with Crippen LogP contribution in [0.3, 0.4) is 0 Å². The second kappa shape index (κ2) is 5.97. The Morgan fingerprint density at radius 3 is 2.71 bits per heavy atom. The number of halogens is 3. The highest BCUT2D eigenvalue weighted by atomic mass is 19.4. The van der Waals surface area contributed by atoms with Crippen molar-refractivity contribution in [2.75, 3.05) is 6.54 Å². The molecule has 0 bridgehead atoms. The fourth-order valence-corrected chi connectivity index (χ4v) is 2.33. The number of hydrogen-bond donors (Lipinski definition) is 1. The zero-order chi connectivity index (χ0) is 15.6. The molecule has 0 fully saturated rings. The van der Waals surface area contributed by atoms with Crippen LogP contribution in [0.4, 0.5) is 13.2 Å². The number of rotatable bonds is 3. The highest BCUT2D eigenvalue weighted by Crippen LogP contribution is 2.30. The molecule has 6 heteroatoms. The number of benzene rings is 1. The van der Waals surface area contributed by atoms with E-state index in [4.69, 9.17) is 4.74 Å². The van der Waals surface area contributed by atoms with Crippen molar-refractivity contribution in [2.45, 2.75) is 39.1 Å². The number of ether oxygens (including phenoxy) is 1. The third-order valence-corrected chi connectivity index (χ3v) is 3.25. The van der Waals surface area contributed by atoms with E-state index in [1.807, 2.05) is 32.0 Å². The van der Waals surface area contributed by atoms with Gasteiger partial charge < -0.3 is 9.75 Å². The maximum absolute atomic E-state index is 12.7. The lowest BCUT2D eigenvalue weighted by molar-refractivity contribution is -0.137. The smallest absolute Gasteiger partial charge is 0.416 e. The van der Waals surface area contributed by atoms with E-state index in [0.717, 1.165) is 11.8 Å². The van der Waals surface area contributed by atoms with Crippen molar-refractivity contribution < 1.29 is 17.9 Å². The second-order valence-corrected chi connectivity index (χ2v) is 5.29. The van der Waals surface area contributed by atoms with Crippen molar-refractivity contribution in [1.29, 1.82) is 0 Å². The fourth-order valence-electron chi connectivity index (χ4n) is 2.33. The zero-order valence-electron chi connectivity index (χ0n) is 12.2. The summed E-state index contributed by atoms with van der Waals surface area (Å²) in [4.78, 5) is 0. The minimum Gasteiger partial charge on any atom is -0.492 e. The van der Waals surface area contributed by atoms with E-state index < -0.39 is 11.7 Å². The molecular weight excluding hydrogens is 281 g/mol. The molecule has 3 nitrogen and oxygen atoms in total. The molecule has 116 valence electrons. The largest absolute Gasteiger partial charge is 0.492 e. The second-order valence-electron chi connectivity index (χ2n) is 5.29. The topological polar surface area (TPSA) is 24.5 Å². The van der Waals surface area contributed by atoms with E-state index in [0.29, 0.717) is 12.1 Å². The van der Waals surface area contributed by atoms with Gasteiger partial charge in [-0.1, -0.05) is 12.1 Å². The molecule has 1 heterocycles. The summed E-state index contributed by atoms with van der Waals surface area (Å²) >= 11 is 0. The lowest BCUT2D eigenvalue weighted by atomic mass is 10.1. The van der Waals surface area contributed by atoms with E-state index in [1.54, 1.807) is 6.07 Å². The van der Waals surface area contributed by atoms with Crippen molar-refractivity contribution in [3.63, 3.8) is 0 Å². The fraction of sp³-hybridized carbons (Fsp3) is 0.467. The first-order chi connectivity index (χ1) is 9.75. The summed E-state index contributed by atoms with van der Waals surface area (Å²) in [6, 6.07) is 5.14. The first-order valence-corrected chi connectivity index (χ1v) is 6.81. The first kappa shape index (κ1) is 15.7. The van der Waals surface area contributed by atoms with Gasteiger partial charge in [0.1, 0.15) is 11.9 Å². The van der Waals surface area contributed by atoms with Gasteiger partial charge in [-0.15, -0.1) is 0 Å². The van der Waals surface area contributed by atoms with Gasteiger partial charge in [0.2, 0.25) is 0 Å². The van der Waals surface area contributed by atoms with Crippen molar-refractivity contribution in [3.05, 3.63) is 47.4 Å². The van der Waals surface area contributed by atoms with Gasteiger partial charge in [0, 0.05) is 6.04 Å². The van der Waals surface area contributed by atoms with Gasteiger partial charge in [-0.05, 0) is 38.5 Å². The molecule has 1 N–H and O–H groups in total. The number of hydrogen-bond acceptors (Lipinski definition) is 3. The van der Waals surface area contributed by atoms with E-state index in [9.17, 15) is 13.2 Å². The molecule has 1 unspecified atom stereocenters. The number of hydrazine groups is 1. The highest BCUT2D eigenvalue weighted by Gasteiger charge is 2.30. The number of alkyl halides is 3. The summed E-state index contributed by atoms with van der Waals surface area (Å²) in [5.41, 5.74) is 3.15. The minimum atomic E-state index is -4.32. The summed E-state index contributed by atoms with van der Waals surface area (Å²) in [6.45, 7) is 6.26. The SMILES string of the molecule is CC1=CN(NC(C)c2cccc(C(F)(F)F)c2)C[C@@H](C)O1. The number of allylic oxidation sites excluding steroid dienone is 1. The summed E-state index contributed by atoms with van der Waals surface area (Å²) in [7, 11) is 0. The van der Waals surface area contributed by atoms with Gasteiger partial charge in [0.15, 0.2) is 0 Å². The Labute approximate surface area is 122 Å². The molecule has 2 rings (SSSR count). The Morgan fingerprint density at radius 1 is 1.38 bits per heavy atom. The average molecular weight is 300 g/mol. The van der Waals surface area contributed by atoms with Crippen LogP contribution in [0.2, 0.25) is 0 Å². The summed E-state index contributed by atoms with van der Waals surface area (Å²) in [5.74, 6) is 0.775. The molecule has 0 spiro atoms. The molecule has 1 aliphatic heterocycles. The van der Waals surface area contributed by atoms with E-state index in [-0.39, 0.29) is 12.1 Å². The van der Waals surface area contributed by atoms with Crippen molar-refractivity contribution in [3.8, 4) is 0 Å². The predicted molar refractivity (Wildman–Crippen MR) is 74.0 cm³/mol. The molecule has 0 amide bonds. The molecule has 1 aromatic carbocycles. The van der Waals surface area contributed by atoms with Crippen LogP contribution >= 0.6 is 0 Å². The van der Waals surface area contributed by atoms with E-state index in [1.165, 1.54) is 12.1 Å². The van der Waals surface area contributed by atoms with Crippen molar-refractivity contribution in [2.24, 2.45) is 0 Å². The van der Waals surface area contributed by atoms with Gasteiger partial charge in [0.05, 0.1) is 18.3 Å². The third-order valence-electron chi connectivity index (χ3n) is 3.25. The first-order valence-electron chi connectivity index (χ1n) is 6.81. The van der Waals surface area contributed by atoms with Crippen molar-refractivity contribution >= 4 is 0 Å². The van der Waals surface area contributed by atoms with Gasteiger partial charge in [-0.2, -0.15) is 13.2 Å². The Morgan fingerprint density at radius 2 is 2.10 bits per heavy atom. The summed E-state index contributed by atoms with van der Waals surface area (Å²) in [5, 5.41) is 1.86. The Kier molecular flexibility index (Phi) is 4.46. The highest BCUT2D eigenvalue weighted by molar-refractivity contribution is 5.27. The van der Waals surface area contributed by atoms with Crippen LogP contribution in [0.1, 0.15) is 37.9 Å². The van der Waals surface area contributed by atoms with Crippen LogP contribution in [0.5, 0.6) is 0 Å². The average Bonchev–Trinajstić information content (AvgIpc) is 2.36. The quantitative estimate of drug-likeness (QED) is 0.917. The molecule has 0 saturated carbocycles. The summed E-state index contributed by atoms with van der Waals surface area (Å²) in [6.07, 6.45) is -2.47. The zero-order valence-corrected chi connectivity index (χ0v) is 12.2. The van der Waals surface area contributed by atoms with Gasteiger partial charge in [0.25, 0.3) is 0 Å². The Hall–Kier alpha value is -1.69. The van der Waals surface area contributed by atoms with Crippen LogP contribution in [0.25, 0.3) is 0 Å². The van der Waals surface area contributed by atoms with Crippen LogP contribution < -0.4 is 5.43 Å². The van der Waals surface area contributed by atoms with Crippen LogP contribution in [-0.4, -0.2) is 17.7 Å². The molecule has 0 saturated heterocycles. The Bertz CT molecular complexity index is 528. The van der Waals surface area contributed by atoms with Gasteiger partial charge in [-0.25, -0.2) is 5.43 Å². The lowest BCUT2D eigenvalue weighted by Crippen LogP contribution is -2.43. The molecule has 21 heavy (non-hydrogen) atoms. The molecular formula is C15H19F3N2O. The standard InChI is InChI=1S/C15H19F3N2O/c1-10-8-20(9-11(2)21-10)19-12(3)13-5-4-6-14(7-13)15(16,17)18/h4-8,11-12,19H,9H2,1-3H3/t11-,12?/m1/s1. The Balaban J connectivity index is 2.10. The number of nitrogens with one attached hydrogen (secondary N) is 1. The molecule has 1 aliphatic rings. The van der Waals surface area contributed by atoms with Crippen LogP contribution in [0, 0.1) is 0 Å². The summed E-state index contributed by atoms with van der Waals surface area (Å²) < 4.78 is 43.7. The van der Waals surface area contributed by atoms with E-state index >= 15 is 0 Å². The lowest BCUT2D eigenvalue weighted by Gasteiger charge is -2.33. The van der Waals surface area contributed by atoms with Crippen LogP contribution in [-0.2, 0) is 10.9 Å². The normalized spacial score (nSPS) is 20.8. The number of nitrogens with zero attached hydrogens (tertiary/aromatic N) is 1. The monoisotopic (exact) mass is 300 g/mol. The van der Waals surface area contributed by atoms with Gasteiger partial charge in [-0.3, -0.25) is 0 Å².